The van der Waals surface area contributed by atoms with Crippen molar-refractivity contribution < 1.29 is 9.75 Å². The van der Waals surface area contributed by atoms with E-state index in [0.717, 1.165) is 12.8 Å². The van der Waals surface area contributed by atoms with Crippen molar-refractivity contribution in [3.63, 3.8) is 0 Å². The molecular formula is C20H24N2O2. The highest BCUT2D eigenvalue weighted by Gasteiger charge is 2.60. The molecule has 5 heterocycles. The molecule has 0 spiro atoms. The molecule has 5 atom stereocenters. The number of para-hydroxylation sites is 1. The first-order chi connectivity index (χ1) is 11.6. The average Bonchev–Trinajstić information content (AvgIpc) is 2.86. The maximum atomic E-state index is 14.0. The summed E-state index contributed by atoms with van der Waals surface area (Å²) in [4.78, 5) is 0. The van der Waals surface area contributed by atoms with Crippen molar-refractivity contribution >= 4 is 10.9 Å². The van der Waals surface area contributed by atoms with E-state index < -0.39 is 0 Å². The number of quaternary nitrogens is 1. The van der Waals surface area contributed by atoms with Crippen LogP contribution in [0.4, 0.5) is 0 Å². The molecule has 6 rings (SSSR count). The molecule has 4 bridgehead atoms. The van der Waals surface area contributed by atoms with E-state index in [1.54, 1.807) is 0 Å². The minimum absolute atomic E-state index is 0.000700. The topological polar surface area (TPSA) is 48.2 Å². The third-order valence-corrected chi connectivity index (χ3v) is 7.05. The van der Waals surface area contributed by atoms with Gasteiger partial charge in [-0.25, -0.2) is 0 Å². The first kappa shape index (κ1) is 14.7. The second-order valence-corrected chi connectivity index (χ2v) is 7.79. The zero-order valence-corrected chi connectivity index (χ0v) is 14.3. The average molecular weight is 324 g/mol. The molecule has 0 saturated carbocycles. The number of aliphatic hydroxyl groups is 1. The molecular weight excluding hydrogens is 300 g/mol. The standard InChI is InChI=1S/C20H24N2O2/c1-3-12-10-22(24)18-9-15-13-6-4-5-7-17(13)21(2)20(15)19(22)8-14(12)16(18)11-23/h3-7,14,16,18-19,23H,8-11H2,1-2H3. The molecule has 4 aliphatic heterocycles. The highest BCUT2D eigenvalue weighted by Crippen LogP contribution is 2.58. The van der Waals surface area contributed by atoms with Crippen molar-refractivity contribution in [2.45, 2.75) is 31.8 Å². The highest BCUT2D eigenvalue weighted by molar-refractivity contribution is 5.86. The van der Waals surface area contributed by atoms with Crippen molar-refractivity contribution in [2.24, 2.45) is 18.9 Å². The normalized spacial score (nSPS) is 38.8. The molecule has 1 aromatic heterocycles. The Morgan fingerprint density at radius 3 is 2.92 bits per heavy atom. The van der Waals surface area contributed by atoms with Crippen LogP contribution in [0.25, 0.3) is 10.9 Å². The van der Waals surface area contributed by atoms with Crippen molar-refractivity contribution in [1.82, 2.24) is 4.57 Å². The Morgan fingerprint density at radius 1 is 1.38 bits per heavy atom. The number of hydrogen-bond acceptors (Lipinski definition) is 2. The van der Waals surface area contributed by atoms with Crippen LogP contribution >= 0.6 is 0 Å². The Balaban J connectivity index is 1.77. The molecule has 4 aliphatic rings. The van der Waals surface area contributed by atoms with Gasteiger partial charge in [-0.2, -0.15) is 0 Å². The SMILES string of the molecule is CC=C1C[N+]2([O-])C3CC1C(CO)C2Cc1c3n(C)c2ccccc12. The number of hydrogen-bond donors (Lipinski definition) is 1. The number of aliphatic hydroxyl groups excluding tert-OH is 1. The van der Waals surface area contributed by atoms with E-state index >= 15 is 0 Å². The lowest BCUT2D eigenvalue weighted by molar-refractivity contribution is -0.952. The molecule has 5 unspecified atom stereocenters. The number of fused-ring (bicyclic) bond motifs is 4. The largest absolute Gasteiger partial charge is 0.632 e. The summed E-state index contributed by atoms with van der Waals surface area (Å²) in [5.41, 5.74) is 5.09. The van der Waals surface area contributed by atoms with Crippen LogP contribution in [0, 0.1) is 17.0 Å². The lowest BCUT2D eigenvalue weighted by Crippen LogP contribution is -2.69. The van der Waals surface area contributed by atoms with Gasteiger partial charge in [0.05, 0.1) is 18.3 Å². The van der Waals surface area contributed by atoms with Crippen LogP contribution in [-0.2, 0) is 13.5 Å². The van der Waals surface area contributed by atoms with Crippen LogP contribution in [0.2, 0.25) is 0 Å². The maximum Gasteiger partial charge on any atom is 0.131 e. The number of aryl methyl sites for hydroxylation is 1. The lowest BCUT2D eigenvalue weighted by Gasteiger charge is -2.67. The zero-order valence-electron chi connectivity index (χ0n) is 14.3. The van der Waals surface area contributed by atoms with Gasteiger partial charge in [-0.1, -0.05) is 24.3 Å². The Labute approximate surface area is 142 Å². The van der Waals surface area contributed by atoms with Crippen molar-refractivity contribution in [1.29, 1.82) is 0 Å². The van der Waals surface area contributed by atoms with Gasteiger partial charge in [-0.05, 0) is 24.1 Å². The van der Waals surface area contributed by atoms with Gasteiger partial charge < -0.3 is 19.5 Å². The van der Waals surface area contributed by atoms with Crippen LogP contribution in [0.1, 0.15) is 30.6 Å². The van der Waals surface area contributed by atoms with Crippen molar-refractivity contribution in [2.75, 3.05) is 13.2 Å². The monoisotopic (exact) mass is 324 g/mol. The third-order valence-electron chi connectivity index (χ3n) is 7.05. The Hall–Kier alpha value is -1.62. The summed E-state index contributed by atoms with van der Waals surface area (Å²) in [7, 11) is 2.11. The number of rotatable bonds is 1. The molecule has 0 amide bonds. The fourth-order valence-corrected chi connectivity index (χ4v) is 5.99. The summed E-state index contributed by atoms with van der Waals surface area (Å²) >= 11 is 0. The van der Waals surface area contributed by atoms with Gasteiger partial charge in [0.15, 0.2) is 0 Å². The van der Waals surface area contributed by atoms with Gasteiger partial charge in [0.25, 0.3) is 0 Å². The molecule has 4 heteroatoms. The first-order valence-corrected chi connectivity index (χ1v) is 9.00. The summed E-state index contributed by atoms with van der Waals surface area (Å²) < 4.78 is 2.10. The van der Waals surface area contributed by atoms with Crippen molar-refractivity contribution in [3.05, 3.63) is 52.4 Å². The number of benzene rings is 1. The Bertz CT molecular complexity index is 868. The number of aromatic nitrogens is 1. The molecule has 4 nitrogen and oxygen atoms in total. The van der Waals surface area contributed by atoms with Crippen LogP contribution in [0.5, 0.6) is 0 Å². The fourth-order valence-electron chi connectivity index (χ4n) is 5.99. The minimum atomic E-state index is -0.154. The van der Waals surface area contributed by atoms with Gasteiger partial charge in [0, 0.05) is 42.6 Å². The molecule has 2 aromatic rings. The number of piperidine rings is 3. The molecule has 1 N–H and O–H groups in total. The van der Waals surface area contributed by atoms with Crippen LogP contribution in [0.15, 0.2) is 35.9 Å². The molecule has 0 radical (unpaired) electrons. The van der Waals surface area contributed by atoms with Gasteiger partial charge >= 0.3 is 0 Å². The molecule has 126 valence electrons. The van der Waals surface area contributed by atoms with E-state index in [1.807, 2.05) is 6.92 Å². The van der Waals surface area contributed by atoms with E-state index in [1.165, 1.54) is 27.7 Å². The summed E-state index contributed by atoms with van der Waals surface area (Å²) in [6.45, 7) is 2.77. The summed E-state index contributed by atoms with van der Waals surface area (Å²) in [5.74, 6) is 0.473. The smallest absolute Gasteiger partial charge is 0.131 e. The number of allylic oxidation sites excluding steroid dienone is 1. The first-order valence-electron chi connectivity index (χ1n) is 9.00. The molecule has 3 saturated heterocycles. The van der Waals surface area contributed by atoms with Crippen LogP contribution < -0.4 is 0 Å². The van der Waals surface area contributed by atoms with E-state index in [9.17, 15) is 10.3 Å². The zero-order chi connectivity index (χ0) is 16.6. The Kier molecular flexibility index (Phi) is 2.89. The van der Waals surface area contributed by atoms with E-state index in [2.05, 4.69) is 42.0 Å². The predicted octanol–water partition coefficient (Wildman–Crippen LogP) is 3.05. The molecule has 0 aliphatic carbocycles. The van der Waals surface area contributed by atoms with Gasteiger partial charge in [-0.3, -0.25) is 0 Å². The van der Waals surface area contributed by atoms with E-state index in [0.29, 0.717) is 12.5 Å². The molecule has 24 heavy (non-hydrogen) atoms. The predicted molar refractivity (Wildman–Crippen MR) is 94.1 cm³/mol. The van der Waals surface area contributed by atoms with E-state index in [-0.39, 0.29) is 29.3 Å². The van der Waals surface area contributed by atoms with Crippen molar-refractivity contribution in [3.8, 4) is 0 Å². The second-order valence-electron chi connectivity index (χ2n) is 7.79. The van der Waals surface area contributed by atoms with Gasteiger partial charge in [0.1, 0.15) is 12.6 Å². The van der Waals surface area contributed by atoms with Crippen LogP contribution in [0.3, 0.4) is 0 Å². The highest BCUT2D eigenvalue weighted by atomic mass is 16.6. The van der Waals surface area contributed by atoms with Gasteiger partial charge in [-0.15, -0.1) is 0 Å². The maximum absolute atomic E-state index is 14.0. The fraction of sp³-hybridized carbons (Fsp3) is 0.500. The van der Waals surface area contributed by atoms with Gasteiger partial charge in [0.2, 0.25) is 0 Å². The summed E-state index contributed by atoms with van der Waals surface area (Å²) in [6, 6.07) is 8.52. The third kappa shape index (κ3) is 1.55. The summed E-state index contributed by atoms with van der Waals surface area (Å²) in [5, 5.41) is 25.3. The summed E-state index contributed by atoms with van der Waals surface area (Å²) in [6.07, 6.45) is 3.80. The molecule has 1 aromatic carbocycles. The quantitative estimate of drug-likeness (QED) is 0.498. The lowest BCUT2D eigenvalue weighted by atomic mass is 9.63. The van der Waals surface area contributed by atoms with Crippen LogP contribution in [-0.4, -0.2) is 33.5 Å². The number of nitrogens with zero attached hydrogens (tertiary/aromatic N) is 2. The second kappa shape index (κ2) is 4.72. The minimum Gasteiger partial charge on any atom is -0.632 e. The number of hydroxylamine groups is 3. The Morgan fingerprint density at radius 2 is 2.17 bits per heavy atom. The molecule has 3 fully saturated rings. The van der Waals surface area contributed by atoms with E-state index in [4.69, 9.17) is 0 Å².